The Morgan fingerprint density at radius 2 is 1.85 bits per heavy atom. The van der Waals surface area contributed by atoms with Crippen LogP contribution in [-0.2, 0) is 10.2 Å². The molecule has 2 amide bonds. The van der Waals surface area contributed by atoms with Crippen molar-refractivity contribution in [3.8, 4) is 11.3 Å². The largest absolute Gasteiger partial charge is 0.366 e. The summed E-state index contributed by atoms with van der Waals surface area (Å²) in [6.07, 6.45) is 6.60. The number of pyridine rings is 1. The molecule has 0 unspecified atom stereocenters. The number of nitrogens with zero attached hydrogens (tertiary/aromatic N) is 5. The lowest BCUT2D eigenvalue weighted by Crippen LogP contribution is -2.58. The summed E-state index contributed by atoms with van der Waals surface area (Å²) in [5, 5.41) is 3.47. The minimum Gasteiger partial charge on any atom is -0.366 e. The molecule has 4 heterocycles. The highest BCUT2D eigenvalue weighted by molar-refractivity contribution is 6.09. The summed E-state index contributed by atoms with van der Waals surface area (Å²) in [6.45, 7) is 7.31. The SMILES string of the molecule is Cc1ccc(Nc2nc(-c3ccc4c(c3)N(C3CC(N5CCC[C@@H](F)C5)C3)C(=O)C4(C)C)cc3ncn(C4CC4)c23)cc1C(N)=O. The maximum Gasteiger partial charge on any atom is 0.249 e. The molecule has 1 atom stereocenters. The molecule has 8 rings (SSSR count). The van der Waals surface area contributed by atoms with E-state index >= 15 is 0 Å². The molecule has 1 saturated heterocycles. The number of primary amides is 1. The summed E-state index contributed by atoms with van der Waals surface area (Å²) in [6, 6.07) is 14.6. The van der Waals surface area contributed by atoms with Crippen LogP contribution in [0, 0.1) is 6.92 Å². The number of hydrogen-bond acceptors (Lipinski definition) is 6. The molecule has 4 aliphatic rings. The van der Waals surface area contributed by atoms with E-state index in [2.05, 4.69) is 26.9 Å². The molecule has 9 nitrogen and oxygen atoms in total. The topological polar surface area (TPSA) is 109 Å². The Hall–Kier alpha value is -4.31. The number of fused-ring (bicyclic) bond motifs is 2. The smallest absolute Gasteiger partial charge is 0.249 e. The zero-order valence-electron chi connectivity index (χ0n) is 26.6. The molecule has 4 aromatic rings. The van der Waals surface area contributed by atoms with Crippen LogP contribution in [0.25, 0.3) is 22.3 Å². The van der Waals surface area contributed by atoms with Gasteiger partial charge in [-0.1, -0.05) is 18.2 Å². The average Bonchev–Trinajstić information content (AvgIpc) is 3.73. The zero-order valence-corrected chi connectivity index (χ0v) is 26.6. The summed E-state index contributed by atoms with van der Waals surface area (Å²) in [4.78, 5) is 40.2. The molecule has 2 aromatic heterocycles. The van der Waals surface area contributed by atoms with E-state index in [0.717, 1.165) is 77.8 Å². The lowest BCUT2D eigenvalue weighted by molar-refractivity contribution is -0.123. The molecule has 0 bridgehead atoms. The first kappa shape index (κ1) is 29.1. The number of rotatable bonds is 7. The number of aryl methyl sites for hydroxylation is 1. The van der Waals surface area contributed by atoms with Crippen LogP contribution in [0.4, 0.5) is 21.6 Å². The van der Waals surface area contributed by atoms with Gasteiger partial charge in [-0.3, -0.25) is 14.5 Å². The van der Waals surface area contributed by atoms with E-state index in [1.54, 1.807) is 6.07 Å². The van der Waals surface area contributed by atoms with Crippen molar-refractivity contribution in [3.63, 3.8) is 0 Å². The molecular weight excluding hydrogens is 581 g/mol. The number of alkyl halides is 1. The fourth-order valence-corrected chi connectivity index (χ4v) is 7.69. The number of hydrogen-bond donors (Lipinski definition) is 2. The van der Waals surface area contributed by atoms with Crippen molar-refractivity contribution in [2.45, 2.75) is 89.0 Å². The van der Waals surface area contributed by atoms with Gasteiger partial charge in [-0.15, -0.1) is 0 Å². The fraction of sp³-hybridized carbons (Fsp3) is 0.444. The second kappa shape index (κ2) is 10.6. The fourth-order valence-electron chi connectivity index (χ4n) is 7.69. The van der Waals surface area contributed by atoms with Crippen molar-refractivity contribution in [2.75, 3.05) is 23.3 Å². The van der Waals surface area contributed by atoms with Crippen molar-refractivity contribution >= 4 is 40.0 Å². The first-order chi connectivity index (χ1) is 22.1. The molecule has 2 saturated carbocycles. The number of carbonyl (C=O) groups is 2. The number of halogens is 1. The normalized spacial score (nSPS) is 24.2. The molecule has 46 heavy (non-hydrogen) atoms. The number of piperidine rings is 1. The third-order valence-electron chi connectivity index (χ3n) is 10.6. The highest BCUT2D eigenvalue weighted by atomic mass is 19.1. The van der Waals surface area contributed by atoms with Crippen LogP contribution in [0.2, 0.25) is 0 Å². The monoisotopic (exact) mass is 621 g/mol. The highest BCUT2D eigenvalue weighted by Crippen LogP contribution is 2.48. The minimum atomic E-state index is -0.750. The number of nitrogens with two attached hydrogens (primary N) is 1. The van der Waals surface area contributed by atoms with Crippen LogP contribution < -0.4 is 16.0 Å². The molecule has 238 valence electrons. The molecule has 10 heteroatoms. The Labute approximate surface area is 268 Å². The van der Waals surface area contributed by atoms with Gasteiger partial charge in [0, 0.05) is 47.2 Å². The van der Waals surface area contributed by atoms with E-state index in [-0.39, 0.29) is 11.9 Å². The Morgan fingerprint density at radius 1 is 1.04 bits per heavy atom. The van der Waals surface area contributed by atoms with Gasteiger partial charge in [-0.2, -0.15) is 0 Å². The number of amides is 2. The van der Waals surface area contributed by atoms with Gasteiger partial charge in [0.05, 0.1) is 23.0 Å². The molecule has 2 aromatic carbocycles. The average molecular weight is 622 g/mol. The number of nitrogens with one attached hydrogen (secondary N) is 1. The van der Waals surface area contributed by atoms with E-state index < -0.39 is 17.5 Å². The van der Waals surface area contributed by atoms with Gasteiger partial charge in [-0.05, 0) is 101 Å². The number of aromatic nitrogens is 3. The Kier molecular flexibility index (Phi) is 6.72. The standard InChI is InChI=1S/C36H40FN7O2/c1-20-6-8-23(14-27(20)33(38)45)40-34-32-30(39-19-43(32)24-9-10-24)17-29(41-34)21-7-11-28-31(13-21)44(35(46)36(28,2)3)26-15-25(16-26)42-12-4-5-22(37)18-42/h6-8,11,13-14,17,19,22,24-26H,4-5,9-10,12,15-16,18H2,1-3H3,(H2,38,45)(H,40,41)/t22-,25?,26?/m1/s1. The van der Waals surface area contributed by atoms with Gasteiger partial charge in [0.1, 0.15) is 11.7 Å². The molecule has 0 radical (unpaired) electrons. The van der Waals surface area contributed by atoms with E-state index in [9.17, 15) is 14.0 Å². The van der Waals surface area contributed by atoms with Crippen molar-refractivity contribution in [1.82, 2.24) is 19.4 Å². The Bertz CT molecular complexity index is 1890. The third-order valence-corrected chi connectivity index (χ3v) is 10.6. The van der Waals surface area contributed by atoms with E-state index in [0.29, 0.717) is 42.1 Å². The Morgan fingerprint density at radius 3 is 2.59 bits per heavy atom. The zero-order chi connectivity index (χ0) is 31.9. The predicted molar refractivity (Wildman–Crippen MR) is 177 cm³/mol. The van der Waals surface area contributed by atoms with E-state index in [1.165, 1.54) is 0 Å². The lowest BCUT2D eigenvalue weighted by Gasteiger charge is -2.48. The quantitative estimate of drug-likeness (QED) is 0.255. The molecule has 3 N–H and O–H groups in total. The van der Waals surface area contributed by atoms with Gasteiger partial charge in [-0.25, -0.2) is 14.4 Å². The van der Waals surface area contributed by atoms with Crippen LogP contribution in [0.5, 0.6) is 0 Å². The van der Waals surface area contributed by atoms with Crippen LogP contribution in [-0.4, -0.2) is 62.6 Å². The van der Waals surface area contributed by atoms with Gasteiger partial charge < -0.3 is 20.5 Å². The summed E-state index contributed by atoms with van der Waals surface area (Å²) >= 11 is 0. The second-order valence-corrected chi connectivity index (χ2v) is 14.2. The molecule has 3 fully saturated rings. The van der Waals surface area contributed by atoms with Gasteiger partial charge in [0.2, 0.25) is 11.8 Å². The second-order valence-electron chi connectivity index (χ2n) is 14.2. The van der Waals surface area contributed by atoms with Crippen LogP contribution in [0.15, 0.2) is 48.8 Å². The molecular formula is C36H40FN7O2. The maximum atomic E-state index is 14.1. The predicted octanol–water partition coefficient (Wildman–Crippen LogP) is 6.17. The van der Waals surface area contributed by atoms with Crippen molar-refractivity contribution in [3.05, 3.63) is 65.5 Å². The van der Waals surface area contributed by atoms with Crippen molar-refractivity contribution < 1.29 is 14.0 Å². The third kappa shape index (κ3) is 4.76. The molecule has 2 aliphatic carbocycles. The number of carbonyl (C=O) groups excluding carboxylic acids is 2. The first-order valence-electron chi connectivity index (χ1n) is 16.5. The van der Waals surface area contributed by atoms with Crippen molar-refractivity contribution in [1.29, 1.82) is 0 Å². The molecule has 0 spiro atoms. The van der Waals surface area contributed by atoms with E-state index in [4.69, 9.17) is 15.7 Å². The summed E-state index contributed by atoms with van der Waals surface area (Å²) < 4.78 is 16.3. The number of anilines is 3. The maximum absolute atomic E-state index is 14.1. The lowest BCUT2D eigenvalue weighted by atomic mass is 9.82. The summed E-state index contributed by atoms with van der Waals surface area (Å²) in [5.74, 6) is 0.291. The van der Waals surface area contributed by atoms with Crippen molar-refractivity contribution in [2.24, 2.45) is 5.73 Å². The van der Waals surface area contributed by atoms with Gasteiger partial charge in [0.25, 0.3) is 0 Å². The number of likely N-dealkylation sites (tertiary alicyclic amines) is 1. The summed E-state index contributed by atoms with van der Waals surface area (Å²) in [7, 11) is 0. The summed E-state index contributed by atoms with van der Waals surface area (Å²) in [5.41, 5.74) is 12.3. The minimum absolute atomic E-state index is 0.0937. The van der Waals surface area contributed by atoms with Gasteiger partial charge in [0.15, 0.2) is 5.82 Å². The van der Waals surface area contributed by atoms with Gasteiger partial charge >= 0.3 is 0 Å². The Balaban J connectivity index is 1.16. The first-order valence-corrected chi connectivity index (χ1v) is 16.5. The van der Waals surface area contributed by atoms with Crippen LogP contribution in [0.3, 0.4) is 0 Å². The van der Waals surface area contributed by atoms with E-state index in [1.807, 2.05) is 56.3 Å². The number of imidazole rings is 1. The van der Waals surface area contributed by atoms with Crippen LogP contribution in [0.1, 0.15) is 79.9 Å². The number of benzene rings is 2. The van der Waals surface area contributed by atoms with Crippen LogP contribution >= 0.6 is 0 Å². The molecule has 2 aliphatic heterocycles. The highest BCUT2D eigenvalue weighted by Gasteiger charge is 2.50.